The quantitative estimate of drug-likeness (QED) is 0.843. The van der Waals surface area contributed by atoms with Gasteiger partial charge in [0.25, 0.3) is 0 Å². The van der Waals surface area contributed by atoms with Crippen LogP contribution in [-0.2, 0) is 14.6 Å². The van der Waals surface area contributed by atoms with Crippen LogP contribution >= 0.6 is 0 Å². The molecule has 0 radical (unpaired) electrons. The highest BCUT2D eigenvalue weighted by Crippen LogP contribution is 2.39. The second-order valence-electron chi connectivity index (χ2n) is 6.48. The van der Waals surface area contributed by atoms with Gasteiger partial charge in [-0.1, -0.05) is 31.4 Å². The Bertz CT molecular complexity index is 863. The summed E-state index contributed by atoms with van der Waals surface area (Å²) in [6, 6.07) is 6.61. The lowest BCUT2D eigenvalue weighted by Crippen LogP contribution is -2.11. The van der Waals surface area contributed by atoms with E-state index in [1.165, 1.54) is 19.8 Å². The molecule has 0 spiro atoms. The third-order valence-electron chi connectivity index (χ3n) is 4.76. The van der Waals surface area contributed by atoms with Gasteiger partial charge in [0.05, 0.1) is 17.7 Å². The fraction of sp³-hybridized carbons (Fsp3) is 0.444. The predicted octanol–water partition coefficient (Wildman–Crippen LogP) is 3.31. The number of nitrogens with zero attached hydrogens (tertiary/aromatic N) is 1. The van der Waals surface area contributed by atoms with Crippen molar-refractivity contribution in [2.24, 2.45) is 0 Å². The van der Waals surface area contributed by atoms with Crippen molar-refractivity contribution in [1.29, 1.82) is 0 Å². The first-order valence-corrected chi connectivity index (χ1v) is 10.3. The number of carbonyl (C=O) groups is 1. The van der Waals surface area contributed by atoms with Crippen LogP contribution in [0.15, 0.2) is 29.2 Å². The van der Waals surface area contributed by atoms with Crippen LogP contribution in [0.2, 0.25) is 0 Å². The van der Waals surface area contributed by atoms with E-state index < -0.39 is 15.8 Å². The van der Waals surface area contributed by atoms with E-state index in [0.29, 0.717) is 11.4 Å². The largest absolute Gasteiger partial charge is 0.464 e. The van der Waals surface area contributed by atoms with Crippen molar-refractivity contribution < 1.29 is 17.9 Å². The molecule has 1 saturated carbocycles. The first-order valence-electron chi connectivity index (χ1n) is 8.39. The number of benzene rings is 1. The summed E-state index contributed by atoms with van der Waals surface area (Å²) in [6.07, 6.45) is 6.67. The molecule has 1 aromatic carbocycles. The van der Waals surface area contributed by atoms with E-state index in [0.717, 1.165) is 36.8 Å². The highest BCUT2D eigenvalue weighted by molar-refractivity contribution is 7.90. The third kappa shape index (κ3) is 3.61. The first-order chi connectivity index (χ1) is 11.9. The third-order valence-corrected chi connectivity index (χ3v) is 5.89. The maximum absolute atomic E-state index is 12.1. The van der Waals surface area contributed by atoms with Crippen molar-refractivity contribution in [3.63, 3.8) is 0 Å². The topological polar surface area (TPSA) is 89.1 Å². The number of H-pyrrole nitrogens is 1. The van der Waals surface area contributed by atoms with Gasteiger partial charge in [0.1, 0.15) is 5.69 Å². The number of aromatic amines is 1. The molecule has 3 rings (SSSR count). The molecule has 1 aliphatic carbocycles. The molecule has 1 N–H and O–H groups in total. The first kappa shape index (κ1) is 17.7. The van der Waals surface area contributed by atoms with Crippen LogP contribution in [0.1, 0.15) is 54.1 Å². The van der Waals surface area contributed by atoms with Gasteiger partial charge in [0.2, 0.25) is 0 Å². The zero-order valence-corrected chi connectivity index (χ0v) is 15.2. The Kier molecular flexibility index (Phi) is 4.94. The molecule has 0 bridgehead atoms. The summed E-state index contributed by atoms with van der Waals surface area (Å²) in [5, 5.41) is 7.17. The molecular weight excluding hydrogens is 340 g/mol. The van der Waals surface area contributed by atoms with Crippen molar-refractivity contribution in [3.05, 3.63) is 35.5 Å². The Morgan fingerprint density at radius 1 is 1.16 bits per heavy atom. The maximum Gasteiger partial charge on any atom is 0.356 e. The Morgan fingerprint density at radius 2 is 1.80 bits per heavy atom. The van der Waals surface area contributed by atoms with Crippen molar-refractivity contribution >= 4 is 15.8 Å². The summed E-state index contributed by atoms with van der Waals surface area (Å²) in [5.41, 5.74) is 2.78. The number of aromatic nitrogens is 2. The predicted molar refractivity (Wildman–Crippen MR) is 94.3 cm³/mol. The van der Waals surface area contributed by atoms with E-state index in [-0.39, 0.29) is 10.8 Å². The molecule has 0 saturated heterocycles. The van der Waals surface area contributed by atoms with Crippen LogP contribution in [0.4, 0.5) is 0 Å². The number of esters is 1. The van der Waals surface area contributed by atoms with Crippen LogP contribution in [0.5, 0.6) is 0 Å². The van der Waals surface area contributed by atoms with Crippen molar-refractivity contribution in [2.75, 3.05) is 13.4 Å². The lowest BCUT2D eigenvalue weighted by atomic mass is 9.82. The molecule has 0 aliphatic heterocycles. The van der Waals surface area contributed by atoms with Crippen LogP contribution < -0.4 is 0 Å². The molecule has 0 atom stereocenters. The van der Waals surface area contributed by atoms with Crippen LogP contribution in [0, 0.1) is 0 Å². The summed E-state index contributed by atoms with van der Waals surface area (Å²) in [4.78, 5) is 12.4. The number of ether oxygens (including phenoxy) is 1. The standard InChI is InChI=1S/C18H22N2O4S/c1-24-18(21)17-15(12-6-4-3-5-7-12)16(19-20-17)13-8-10-14(11-9-13)25(2,22)23/h8-12H,3-7H2,1-2H3,(H,19,20). The number of rotatable bonds is 4. The van der Waals surface area contributed by atoms with Gasteiger partial charge in [0.15, 0.2) is 9.84 Å². The Labute approximate surface area is 147 Å². The maximum atomic E-state index is 12.1. The number of carbonyl (C=O) groups excluding carboxylic acids is 1. The normalized spacial score (nSPS) is 15.9. The lowest BCUT2D eigenvalue weighted by Gasteiger charge is -2.22. The van der Waals surface area contributed by atoms with Gasteiger partial charge in [-0.15, -0.1) is 0 Å². The van der Waals surface area contributed by atoms with Gasteiger partial charge < -0.3 is 4.74 Å². The number of nitrogens with one attached hydrogen (secondary N) is 1. The minimum absolute atomic E-state index is 0.256. The van der Waals surface area contributed by atoms with Gasteiger partial charge in [-0.05, 0) is 30.9 Å². The van der Waals surface area contributed by atoms with Gasteiger partial charge in [-0.3, -0.25) is 5.10 Å². The Balaban J connectivity index is 2.06. The summed E-state index contributed by atoms with van der Waals surface area (Å²) < 4.78 is 28.2. The van der Waals surface area contributed by atoms with Gasteiger partial charge >= 0.3 is 5.97 Å². The SMILES string of the molecule is COC(=O)c1[nH]nc(-c2ccc(S(C)(=O)=O)cc2)c1C1CCCCC1. The number of methoxy groups -OCH3 is 1. The molecule has 1 fully saturated rings. The van der Waals surface area contributed by atoms with Crippen molar-refractivity contribution in [2.45, 2.75) is 42.9 Å². The monoisotopic (exact) mass is 362 g/mol. The second-order valence-corrected chi connectivity index (χ2v) is 8.50. The lowest BCUT2D eigenvalue weighted by molar-refractivity contribution is 0.0592. The zero-order chi connectivity index (χ0) is 18.0. The molecule has 0 amide bonds. The van der Waals surface area contributed by atoms with E-state index in [4.69, 9.17) is 4.74 Å². The van der Waals surface area contributed by atoms with Crippen molar-refractivity contribution in [3.8, 4) is 11.3 Å². The fourth-order valence-electron chi connectivity index (χ4n) is 3.48. The van der Waals surface area contributed by atoms with E-state index in [2.05, 4.69) is 10.2 Å². The summed E-state index contributed by atoms with van der Waals surface area (Å²) in [7, 11) is -1.89. The molecule has 134 valence electrons. The number of hydrogen-bond donors (Lipinski definition) is 1. The van der Waals surface area contributed by atoms with E-state index in [1.807, 2.05) is 0 Å². The molecule has 6 nitrogen and oxygen atoms in total. The molecule has 2 aromatic rings. The highest BCUT2D eigenvalue weighted by atomic mass is 32.2. The Hall–Kier alpha value is -2.15. The summed E-state index contributed by atoms with van der Waals surface area (Å²) in [5.74, 6) is -0.168. The summed E-state index contributed by atoms with van der Waals surface area (Å²) >= 11 is 0. The number of hydrogen-bond acceptors (Lipinski definition) is 5. The van der Waals surface area contributed by atoms with E-state index in [9.17, 15) is 13.2 Å². The Morgan fingerprint density at radius 3 is 2.36 bits per heavy atom. The summed E-state index contributed by atoms with van der Waals surface area (Å²) in [6.45, 7) is 0. The molecule has 0 unspecified atom stereocenters. The fourth-order valence-corrected chi connectivity index (χ4v) is 4.11. The molecule has 1 aliphatic rings. The van der Waals surface area contributed by atoms with E-state index in [1.54, 1.807) is 24.3 Å². The van der Waals surface area contributed by atoms with Crippen LogP contribution in [-0.4, -0.2) is 38.0 Å². The molecular formula is C18H22N2O4S. The van der Waals surface area contributed by atoms with Gasteiger partial charge in [-0.25, -0.2) is 13.2 Å². The smallest absolute Gasteiger partial charge is 0.356 e. The van der Waals surface area contributed by atoms with Crippen LogP contribution in [0.25, 0.3) is 11.3 Å². The van der Waals surface area contributed by atoms with Crippen molar-refractivity contribution in [1.82, 2.24) is 10.2 Å². The molecule has 7 heteroatoms. The highest BCUT2D eigenvalue weighted by Gasteiger charge is 2.28. The molecule has 1 heterocycles. The molecule has 1 aromatic heterocycles. The van der Waals surface area contributed by atoms with Gasteiger partial charge in [0, 0.05) is 17.4 Å². The zero-order valence-electron chi connectivity index (χ0n) is 14.4. The van der Waals surface area contributed by atoms with Gasteiger partial charge in [-0.2, -0.15) is 5.10 Å². The molecule has 25 heavy (non-hydrogen) atoms. The average Bonchev–Trinajstić information content (AvgIpc) is 3.06. The van der Waals surface area contributed by atoms with E-state index >= 15 is 0 Å². The number of sulfone groups is 1. The minimum Gasteiger partial charge on any atom is -0.464 e. The van der Waals surface area contributed by atoms with Crippen LogP contribution in [0.3, 0.4) is 0 Å². The average molecular weight is 362 g/mol. The second kappa shape index (κ2) is 7.00. The minimum atomic E-state index is -3.25.